The first-order chi connectivity index (χ1) is 7.66. The Hall–Kier alpha value is -1.84. The molecule has 0 bridgehead atoms. The summed E-state index contributed by atoms with van der Waals surface area (Å²) in [5.41, 5.74) is 7.74. The molecule has 1 unspecified atom stereocenters. The fraction of sp³-hybridized carbons (Fsp3) is 0.333. The third-order valence-corrected chi connectivity index (χ3v) is 2.80. The lowest BCUT2D eigenvalue weighted by atomic mass is 9.97. The van der Waals surface area contributed by atoms with E-state index >= 15 is 0 Å². The summed E-state index contributed by atoms with van der Waals surface area (Å²) in [4.78, 5) is 0. The van der Waals surface area contributed by atoms with E-state index in [1.165, 1.54) is 5.56 Å². The molecular weight excluding hydrogens is 200 g/mol. The van der Waals surface area contributed by atoms with Gasteiger partial charge in [-0.1, -0.05) is 19.1 Å². The highest BCUT2D eigenvalue weighted by Gasteiger charge is 2.09. The van der Waals surface area contributed by atoms with Gasteiger partial charge in [0, 0.05) is 19.2 Å². The van der Waals surface area contributed by atoms with Gasteiger partial charge in [0.1, 0.15) is 12.2 Å². The van der Waals surface area contributed by atoms with Gasteiger partial charge in [-0.05, 0) is 23.6 Å². The van der Waals surface area contributed by atoms with Gasteiger partial charge in [-0.3, -0.25) is 0 Å². The maximum atomic E-state index is 5.66. The second kappa shape index (κ2) is 4.35. The molecule has 0 saturated heterocycles. The van der Waals surface area contributed by atoms with Crippen LogP contribution in [0.3, 0.4) is 0 Å². The molecule has 16 heavy (non-hydrogen) atoms. The number of nitrogens with two attached hydrogens (primary N) is 1. The number of nitrogen functional groups attached to an aromatic ring is 1. The smallest absolute Gasteiger partial charge is 0.133 e. The van der Waals surface area contributed by atoms with Crippen molar-refractivity contribution in [3.8, 4) is 0 Å². The van der Waals surface area contributed by atoms with Gasteiger partial charge >= 0.3 is 0 Å². The van der Waals surface area contributed by atoms with Crippen molar-refractivity contribution >= 4 is 5.69 Å². The van der Waals surface area contributed by atoms with Crippen molar-refractivity contribution in [1.82, 2.24) is 14.8 Å². The van der Waals surface area contributed by atoms with Gasteiger partial charge in [0.15, 0.2) is 0 Å². The van der Waals surface area contributed by atoms with Crippen LogP contribution in [0.15, 0.2) is 30.6 Å². The van der Waals surface area contributed by atoms with E-state index in [-0.39, 0.29) is 0 Å². The molecule has 0 spiro atoms. The Balaban J connectivity index is 2.11. The Kier molecular flexibility index (Phi) is 2.90. The maximum absolute atomic E-state index is 5.66. The van der Waals surface area contributed by atoms with E-state index in [4.69, 9.17) is 5.73 Å². The van der Waals surface area contributed by atoms with Gasteiger partial charge < -0.3 is 10.3 Å². The van der Waals surface area contributed by atoms with Crippen LogP contribution < -0.4 is 5.73 Å². The first kappa shape index (κ1) is 10.7. The van der Waals surface area contributed by atoms with Crippen LogP contribution in [0.2, 0.25) is 0 Å². The Bertz CT molecular complexity index is 458. The number of aryl methyl sites for hydroxylation is 1. The van der Waals surface area contributed by atoms with E-state index < -0.39 is 0 Å². The number of nitrogens with zero attached hydrogens (tertiary/aromatic N) is 3. The molecule has 0 aliphatic rings. The van der Waals surface area contributed by atoms with Gasteiger partial charge in [-0.2, -0.15) is 0 Å². The predicted octanol–water partition coefficient (Wildman–Crippen LogP) is 1.74. The zero-order valence-electron chi connectivity index (χ0n) is 9.59. The van der Waals surface area contributed by atoms with Crippen LogP contribution in [0.1, 0.15) is 24.2 Å². The largest absolute Gasteiger partial charge is 0.399 e. The molecule has 4 heteroatoms. The van der Waals surface area contributed by atoms with Crippen molar-refractivity contribution in [1.29, 1.82) is 0 Å². The van der Waals surface area contributed by atoms with Crippen LogP contribution in [0.5, 0.6) is 0 Å². The topological polar surface area (TPSA) is 56.7 Å². The van der Waals surface area contributed by atoms with Crippen LogP contribution in [0, 0.1) is 0 Å². The third kappa shape index (κ3) is 2.21. The van der Waals surface area contributed by atoms with Crippen LogP contribution in [-0.4, -0.2) is 14.8 Å². The molecule has 0 aliphatic heterocycles. The minimum absolute atomic E-state index is 0.420. The first-order valence-corrected chi connectivity index (χ1v) is 5.35. The minimum Gasteiger partial charge on any atom is -0.399 e. The van der Waals surface area contributed by atoms with E-state index in [1.807, 2.05) is 23.7 Å². The van der Waals surface area contributed by atoms with Gasteiger partial charge in [-0.25, -0.2) is 0 Å². The molecule has 0 saturated carbocycles. The minimum atomic E-state index is 0.420. The standard InChI is InChI=1S/C12H16N4/c1-9(7-12-15-14-8-16(12)2)10-3-5-11(13)6-4-10/h3-6,8-9H,7,13H2,1-2H3. The lowest BCUT2D eigenvalue weighted by Crippen LogP contribution is -2.04. The summed E-state index contributed by atoms with van der Waals surface area (Å²) >= 11 is 0. The Morgan fingerprint density at radius 3 is 2.56 bits per heavy atom. The lowest BCUT2D eigenvalue weighted by molar-refractivity contribution is 0.681. The van der Waals surface area contributed by atoms with Crippen molar-refractivity contribution in [3.05, 3.63) is 42.0 Å². The number of benzene rings is 1. The second-order valence-corrected chi connectivity index (χ2v) is 4.13. The monoisotopic (exact) mass is 216 g/mol. The normalized spacial score (nSPS) is 12.6. The summed E-state index contributed by atoms with van der Waals surface area (Å²) in [7, 11) is 1.96. The molecule has 0 fully saturated rings. The molecule has 2 aromatic rings. The van der Waals surface area contributed by atoms with E-state index in [9.17, 15) is 0 Å². The summed E-state index contributed by atoms with van der Waals surface area (Å²) in [6.45, 7) is 2.18. The van der Waals surface area contributed by atoms with Gasteiger partial charge in [0.05, 0.1) is 0 Å². The number of rotatable bonds is 3. The average Bonchev–Trinajstić information content (AvgIpc) is 2.65. The van der Waals surface area contributed by atoms with E-state index in [1.54, 1.807) is 6.33 Å². The van der Waals surface area contributed by atoms with Crippen LogP contribution in [0.4, 0.5) is 5.69 Å². The van der Waals surface area contributed by atoms with Gasteiger partial charge in [0.2, 0.25) is 0 Å². The Morgan fingerprint density at radius 1 is 1.31 bits per heavy atom. The van der Waals surface area contributed by atoms with Crippen LogP contribution >= 0.6 is 0 Å². The molecule has 2 N–H and O–H groups in total. The average molecular weight is 216 g/mol. The van der Waals surface area contributed by atoms with Crippen molar-refractivity contribution in [2.75, 3.05) is 5.73 Å². The second-order valence-electron chi connectivity index (χ2n) is 4.13. The molecule has 0 amide bonds. The zero-order valence-corrected chi connectivity index (χ0v) is 9.59. The molecule has 0 aliphatic carbocycles. The molecule has 0 radical (unpaired) electrons. The van der Waals surface area contributed by atoms with Crippen molar-refractivity contribution in [2.45, 2.75) is 19.3 Å². The molecular formula is C12H16N4. The fourth-order valence-corrected chi connectivity index (χ4v) is 1.71. The molecule has 4 nitrogen and oxygen atoms in total. The van der Waals surface area contributed by atoms with Crippen LogP contribution in [0.25, 0.3) is 0 Å². The quantitative estimate of drug-likeness (QED) is 0.795. The van der Waals surface area contributed by atoms with Gasteiger partial charge in [0.25, 0.3) is 0 Å². The molecule has 84 valence electrons. The number of hydrogen-bond acceptors (Lipinski definition) is 3. The zero-order chi connectivity index (χ0) is 11.5. The molecule has 1 aromatic carbocycles. The Morgan fingerprint density at radius 2 is 2.00 bits per heavy atom. The van der Waals surface area contributed by atoms with Gasteiger partial charge in [-0.15, -0.1) is 10.2 Å². The molecule has 2 rings (SSSR count). The van der Waals surface area contributed by atoms with Crippen molar-refractivity contribution < 1.29 is 0 Å². The summed E-state index contributed by atoms with van der Waals surface area (Å²) < 4.78 is 1.95. The molecule has 1 aromatic heterocycles. The van der Waals surface area contributed by atoms with E-state index in [0.29, 0.717) is 5.92 Å². The number of aromatic nitrogens is 3. The van der Waals surface area contributed by atoms with Crippen LogP contribution in [-0.2, 0) is 13.5 Å². The lowest BCUT2D eigenvalue weighted by Gasteiger charge is -2.11. The fourth-order valence-electron chi connectivity index (χ4n) is 1.71. The number of hydrogen-bond donors (Lipinski definition) is 1. The summed E-state index contributed by atoms with van der Waals surface area (Å²) in [6.07, 6.45) is 2.62. The third-order valence-electron chi connectivity index (χ3n) is 2.80. The first-order valence-electron chi connectivity index (χ1n) is 5.35. The summed E-state index contributed by atoms with van der Waals surface area (Å²) in [6, 6.07) is 8.00. The highest BCUT2D eigenvalue weighted by molar-refractivity contribution is 5.40. The summed E-state index contributed by atoms with van der Waals surface area (Å²) in [5.74, 6) is 1.42. The molecule has 1 heterocycles. The SMILES string of the molecule is CC(Cc1nncn1C)c1ccc(N)cc1. The van der Waals surface area contributed by atoms with E-state index in [2.05, 4.69) is 29.3 Å². The van der Waals surface area contributed by atoms with Crippen molar-refractivity contribution in [3.63, 3.8) is 0 Å². The highest BCUT2D eigenvalue weighted by atomic mass is 15.2. The Labute approximate surface area is 95.1 Å². The summed E-state index contributed by atoms with van der Waals surface area (Å²) in [5, 5.41) is 7.96. The molecule has 1 atom stereocenters. The maximum Gasteiger partial charge on any atom is 0.133 e. The highest BCUT2D eigenvalue weighted by Crippen LogP contribution is 2.20. The predicted molar refractivity (Wildman–Crippen MR) is 64.0 cm³/mol. The van der Waals surface area contributed by atoms with Crippen molar-refractivity contribution in [2.24, 2.45) is 7.05 Å². The number of anilines is 1. The van der Waals surface area contributed by atoms with E-state index in [0.717, 1.165) is 17.9 Å².